The van der Waals surface area contributed by atoms with Gasteiger partial charge in [0.15, 0.2) is 11.2 Å². The van der Waals surface area contributed by atoms with Gasteiger partial charge in [0.1, 0.15) is 0 Å². The van der Waals surface area contributed by atoms with Crippen LogP contribution >= 0.6 is 12.2 Å². The average Bonchev–Trinajstić information content (AvgIpc) is 2.72. The van der Waals surface area contributed by atoms with Crippen LogP contribution in [0.2, 0.25) is 0 Å². The maximum Gasteiger partial charge on any atom is 0.337 e. The van der Waals surface area contributed by atoms with E-state index in [2.05, 4.69) is 15.3 Å². The predicted molar refractivity (Wildman–Crippen MR) is 78.4 cm³/mol. The highest BCUT2D eigenvalue weighted by atomic mass is 32.1. The van der Waals surface area contributed by atoms with Crippen molar-refractivity contribution in [2.24, 2.45) is 21.1 Å². The lowest BCUT2D eigenvalue weighted by Gasteiger charge is -2.08. The minimum atomic E-state index is -1.13. The zero-order valence-electron chi connectivity index (χ0n) is 10.9. The van der Waals surface area contributed by atoms with E-state index in [9.17, 15) is 9.59 Å². The molecule has 1 heterocycles. The monoisotopic (exact) mass is 305 g/mol. The first-order chi connectivity index (χ1) is 9.91. The molecule has 0 bridgehead atoms. The van der Waals surface area contributed by atoms with Gasteiger partial charge < -0.3 is 10.8 Å². The van der Waals surface area contributed by atoms with Crippen molar-refractivity contribution in [2.75, 3.05) is 0 Å². The van der Waals surface area contributed by atoms with Crippen molar-refractivity contribution in [1.82, 2.24) is 5.01 Å². The third-order valence-electron chi connectivity index (χ3n) is 2.72. The highest BCUT2D eigenvalue weighted by molar-refractivity contribution is 7.80. The largest absolute Gasteiger partial charge is 0.478 e. The summed E-state index contributed by atoms with van der Waals surface area (Å²) in [6.45, 7) is 1.59. The molecule has 1 atom stereocenters. The summed E-state index contributed by atoms with van der Waals surface area (Å²) in [5.74, 6) is -1.64. The quantitative estimate of drug-likeness (QED) is 0.644. The number of carboxylic acid groups (broad SMARTS) is 1. The number of rotatable bonds is 3. The summed E-state index contributed by atoms with van der Waals surface area (Å²) < 4.78 is 0. The van der Waals surface area contributed by atoms with Crippen molar-refractivity contribution in [1.29, 1.82) is 0 Å². The smallest absolute Gasteiger partial charge is 0.337 e. The molecule has 1 aromatic rings. The Kier molecular flexibility index (Phi) is 4.03. The number of azo groups is 1. The summed E-state index contributed by atoms with van der Waals surface area (Å²) >= 11 is 4.70. The third-order valence-corrected chi connectivity index (χ3v) is 2.89. The lowest BCUT2D eigenvalue weighted by atomic mass is 10.2. The topological polar surface area (TPSA) is 121 Å². The second-order valence-electron chi connectivity index (χ2n) is 4.17. The Hall–Kier alpha value is -2.68. The van der Waals surface area contributed by atoms with Gasteiger partial charge in [0.05, 0.1) is 17.0 Å². The second kappa shape index (κ2) is 5.75. The van der Waals surface area contributed by atoms with E-state index in [4.69, 9.17) is 23.1 Å². The fourth-order valence-corrected chi connectivity index (χ4v) is 1.84. The Balaban J connectivity index is 2.27. The van der Waals surface area contributed by atoms with Crippen LogP contribution in [0.3, 0.4) is 0 Å². The fourth-order valence-electron chi connectivity index (χ4n) is 1.71. The Morgan fingerprint density at radius 3 is 2.71 bits per heavy atom. The van der Waals surface area contributed by atoms with Gasteiger partial charge in [0.25, 0.3) is 5.91 Å². The van der Waals surface area contributed by atoms with Crippen LogP contribution in [0.4, 0.5) is 5.69 Å². The highest BCUT2D eigenvalue weighted by Gasteiger charge is 2.35. The summed E-state index contributed by atoms with van der Waals surface area (Å²) in [4.78, 5) is 23.0. The van der Waals surface area contributed by atoms with Gasteiger partial charge in [-0.1, -0.05) is 12.1 Å². The minimum Gasteiger partial charge on any atom is -0.478 e. The van der Waals surface area contributed by atoms with E-state index in [-0.39, 0.29) is 16.4 Å². The van der Waals surface area contributed by atoms with E-state index < -0.39 is 17.9 Å². The molecule has 0 spiro atoms. The molecule has 0 radical (unpaired) electrons. The van der Waals surface area contributed by atoms with E-state index in [0.717, 1.165) is 5.01 Å². The summed E-state index contributed by atoms with van der Waals surface area (Å²) in [5.41, 5.74) is 5.89. The highest BCUT2D eigenvalue weighted by Crippen LogP contribution is 2.21. The molecule has 1 aliphatic rings. The number of aromatic carboxylic acids is 1. The second-order valence-corrected chi connectivity index (χ2v) is 4.59. The summed E-state index contributed by atoms with van der Waals surface area (Å²) in [6, 6.07) is 5.14. The number of carboxylic acids is 1. The van der Waals surface area contributed by atoms with Gasteiger partial charge in [0.2, 0.25) is 0 Å². The number of thiocarbonyl (C=S) groups is 1. The molecule has 9 heteroatoms. The van der Waals surface area contributed by atoms with Crippen LogP contribution in [0.5, 0.6) is 0 Å². The molecule has 0 saturated carbocycles. The normalized spacial score (nSPS) is 18.1. The van der Waals surface area contributed by atoms with Crippen molar-refractivity contribution < 1.29 is 14.7 Å². The number of hydrazone groups is 1. The molecular formula is C12H11N5O3S. The number of amides is 1. The fraction of sp³-hybridized carbons (Fsp3) is 0.167. The van der Waals surface area contributed by atoms with Crippen LogP contribution in [-0.2, 0) is 4.79 Å². The molecule has 1 unspecified atom stereocenters. The van der Waals surface area contributed by atoms with Gasteiger partial charge in [-0.05, 0) is 31.3 Å². The number of carbonyl (C=O) groups excluding carboxylic acids is 1. The van der Waals surface area contributed by atoms with Gasteiger partial charge in [-0.3, -0.25) is 4.79 Å². The van der Waals surface area contributed by atoms with Crippen molar-refractivity contribution in [3.8, 4) is 0 Å². The van der Waals surface area contributed by atoms with Crippen molar-refractivity contribution in [3.63, 3.8) is 0 Å². The van der Waals surface area contributed by atoms with Crippen molar-refractivity contribution in [3.05, 3.63) is 29.8 Å². The molecule has 1 aromatic carbocycles. The van der Waals surface area contributed by atoms with E-state index >= 15 is 0 Å². The molecule has 0 fully saturated rings. The first kappa shape index (κ1) is 14.7. The molecule has 21 heavy (non-hydrogen) atoms. The molecule has 2 rings (SSSR count). The molecular weight excluding hydrogens is 294 g/mol. The average molecular weight is 305 g/mol. The summed E-state index contributed by atoms with van der Waals surface area (Å²) in [7, 11) is 0. The molecule has 1 aliphatic heterocycles. The van der Waals surface area contributed by atoms with Crippen molar-refractivity contribution >= 4 is 40.6 Å². The first-order valence-electron chi connectivity index (χ1n) is 5.83. The van der Waals surface area contributed by atoms with Gasteiger partial charge in [0, 0.05) is 0 Å². The van der Waals surface area contributed by atoms with Crippen LogP contribution in [0.25, 0.3) is 0 Å². The number of hydrogen-bond donors (Lipinski definition) is 2. The number of nitrogens with zero attached hydrogens (tertiary/aromatic N) is 4. The number of hydrogen-bond acceptors (Lipinski definition) is 6. The van der Waals surface area contributed by atoms with Gasteiger partial charge >= 0.3 is 5.97 Å². The zero-order chi connectivity index (χ0) is 15.6. The first-order valence-corrected chi connectivity index (χ1v) is 6.24. The third kappa shape index (κ3) is 2.92. The minimum absolute atomic E-state index is 0.00695. The Morgan fingerprint density at radius 1 is 1.48 bits per heavy atom. The predicted octanol–water partition coefficient (Wildman–Crippen LogP) is 1.30. The van der Waals surface area contributed by atoms with Crippen molar-refractivity contribution in [2.45, 2.75) is 13.0 Å². The number of carbonyl (C=O) groups is 2. The van der Waals surface area contributed by atoms with Crippen LogP contribution < -0.4 is 5.73 Å². The van der Waals surface area contributed by atoms with Crippen LogP contribution in [-0.4, -0.2) is 38.9 Å². The standard InChI is InChI=1S/C12H11N5O3S/c1-6-9(10(18)17(16-6)12(13)21)15-14-8-5-3-2-4-7(8)11(19)20/h2-5,9H,1H3,(H2,13,21)(H,19,20). The van der Waals surface area contributed by atoms with Crippen LogP contribution in [0, 0.1) is 0 Å². The summed E-state index contributed by atoms with van der Waals surface area (Å²) in [5, 5.41) is 21.3. The molecule has 108 valence electrons. The number of benzene rings is 1. The Morgan fingerprint density at radius 2 is 2.14 bits per heavy atom. The Labute approximate surface area is 125 Å². The molecule has 0 saturated heterocycles. The lowest BCUT2D eigenvalue weighted by molar-refractivity contribution is -0.126. The SMILES string of the molecule is CC1=NN(C(N)=S)C(=O)C1N=Nc1ccccc1C(=O)O. The van der Waals surface area contributed by atoms with Crippen LogP contribution in [0.15, 0.2) is 39.6 Å². The Bertz CT molecular complexity index is 685. The summed E-state index contributed by atoms with van der Waals surface area (Å²) in [6.07, 6.45) is 0. The van der Waals surface area contributed by atoms with Gasteiger partial charge in [-0.25, -0.2) is 4.79 Å². The van der Waals surface area contributed by atoms with E-state index in [1.807, 2.05) is 0 Å². The molecule has 0 aliphatic carbocycles. The lowest BCUT2D eigenvalue weighted by Crippen LogP contribution is -2.37. The van der Waals surface area contributed by atoms with E-state index in [1.165, 1.54) is 12.1 Å². The molecule has 0 aromatic heterocycles. The molecule has 1 amide bonds. The van der Waals surface area contributed by atoms with Gasteiger partial charge in [-0.2, -0.15) is 20.3 Å². The molecule has 8 nitrogen and oxygen atoms in total. The van der Waals surface area contributed by atoms with Crippen LogP contribution in [0.1, 0.15) is 17.3 Å². The number of nitrogens with two attached hydrogens (primary N) is 1. The maximum atomic E-state index is 12.0. The van der Waals surface area contributed by atoms with E-state index in [0.29, 0.717) is 5.71 Å². The maximum absolute atomic E-state index is 12.0. The zero-order valence-corrected chi connectivity index (χ0v) is 11.7. The van der Waals surface area contributed by atoms with E-state index in [1.54, 1.807) is 19.1 Å². The molecule has 3 N–H and O–H groups in total. The van der Waals surface area contributed by atoms with Gasteiger partial charge in [-0.15, -0.1) is 0 Å².